The molecule has 3 aliphatic rings. The Morgan fingerprint density at radius 3 is 2.50 bits per heavy atom. The summed E-state index contributed by atoms with van der Waals surface area (Å²) in [6, 6.07) is 13.1. The number of fused-ring (bicyclic) bond motifs is 1. The van der Waals surface area contributed by atoms with Gasteiger partial charge in [-0.1, -0.05) is 12.1 Å². The molecule has 1 N–H and O–H groups in total. The van der Waals surface area contributed by atoms with Crippen LogP contribution >= 0.6 is 0 Å². The number of aromatic nitrogens is 4. The second kappa shape index (κ2) is 11.0. The minimum atomic E-state index is -4.66. The number of hydrogen-bond acceptors (Lipinski definition) is 7. The highest BCUT2D eigenvalue weighted by molar-refractivity contribution is 5.56. The van der Waals surface area contributed by atoms with Crippen LogP contribution in [0.1, 0.15) is 66.7 Å². The molecule has 1 atom stereocenters. The molecule has 1 saturated heterocycles. The van der Waals surface area contributed by atoms with E-state index < -0.39 is 34.8 Å². The van der Waals surface area contributed by atoms with Gasteiger partial charge in [0.15, 0.2) is 17.3 Å². The van der Waals surface area contributed by atoms with Gasteiger partial charge in [0.05, 0.1) is 22.7 Å². The molecule has 0 amide bonds. The van der Waals surface area contributed by atoms with Crippen LogP contribution in [0.15, 0.2) is 48.7 Å². The predicted octanol–water partition coefficient (Wildman–Crippen LogP) is 7.03. The van der Waals surface area contributed by atoms with E-state index in [0.29, 0.717) is 55.8 Å². The number of aromatic amines is 1. The van der Waals surface area contributed by atoms with Gasteiger partial charge in [0, 0.05) is 30.8 Å². The maximum atomic E-state index is 15.4. The van der Waals surface area contributed by atoms with Crippen LogP contribution in [-0.4, -0.2) is 38.2 Å². The zero-order chi connectivity index (χ0) is 32.3. The van der Waals surface area contributed by atoms with Crippen LogP contribution in [0.25, 0.3) is 11.4 Å². The fraction of sp³-hybridized carbons (Fsp3) is 0.394. The van der Waals surface area contributed by atoms with Crippen molar-refractivity contribution in [3.63, 3.8) is 0 Å². The predicted molar refractivity (Wildman–Crippen MR) is 154 cm³/mol. The van der Waals surface area contributed by atoms with Crippen LogP contribution in [0.4, 0.5) is 22.0 Å². The number of nitrogens with one attached hydrogen (secondary N) is 1. The first-order chi connectivity index (χ1) is 22.0. The summed E-state index contributed by atoms with van der Waals surface area (Å²) in [6.07, 6.45) is -0.0775. The standard InChI is InChI=1S/C33H29F5N6O2/c1-31(22-4-2-3-5-23(22)34)45-26-7-6-24(35)27(28(26)46-31)19-8-12-44(13-9-19)17-25-20(15-32(18-39)10-11-32)14-21(16-40-25)29-41-30(43-42-29)33(36,37)38/h2-7,14,16,19H,8-13,15,17H2,1H3,(H,41,42,43). The lowest BCUT2D eigenvalue weighted by atomic mass is 9.88. The van der Waals surface area contributed by atoms with E-state index in [4.69, 9.17) is 9.47 Å². The highest BCUT2D eigenvalue weighted by atomic mass is 19.4. The molecule has 1 aliphatic carbocycles. The van der Waals surface area contributed by atoms with E-state index in [0.717, 1.165) is 24.1 Å². The number of pyridine rings is 1. The number of rotatable bonds is 7. The second-order valence-electron chi connectivity index (χ2n) is 12.4. The molecule has 2 aromatic carbocycles. The van der Waals surface area contributed by atoms with Crippen LogP contribution in [0.5, 0.6) is 11.5 Å². The van der Waals surface area contributed by atoms with Crippen LogP contribution in [0, 0.1) is 28.4 Å². The summed E-state index contributed by atoms with van der Waals surface area (Å²) in [5, 5.41) is 15.4. The average molecular weight is 637 g/mol. The maximum Gasteiger partial charge on any atom is 0.451 e. The Labute approximate surface area is 261 Å². The molecular formula is C33H29F5N6O2. The quantitative estimate of drug-likeness (QED) is 0.217. The van der Waals surface area contributed by atoms with Crippen LogP contribution in [-0.2, 0) is 24.9 Å². The van der Waals surface area contributed by atoms with E-state index >= 15 is 4.39 Å². The lowest BCUT2D eigenvalue weighted by molar-refractivity contribution is -0.144. The summed E-state index contributed by atoms with van der Waals surface area (Å²) >= 11 is 0. The van der Waals surface area contributed by atoms with Gasteiger partial charge in [-0.25, -0.2) is 13.8 Å². The van der Waals surface area contributed by atoms with Crippen molar-refractivity contribution in [1.29, 1.82) is 5.26 Å². The minimum Gasteiger partial charge on any atom is -0.444 e. The molecule has 0 radical (unpaired) electrons. The molecule has 1 unspecified atom stereocenters. The summed E-state index contributed by atoms with van der Waals surface area (Å²) in [6.45, 7) is 3.29. The summed E-state index contributed by atoms with van der Waals surface area (Å²) in [5.74, 6) is -3.17. The van der Waals surface area contributed by atoms with Gasteiger partial charge in [0.1, 0.15) is 11.6 Å². The van der Waals surface area contributed by atoms with Crippen molar-refractivity contribution >= 4 is 0 Å². The molecule has 8 nitrogen and oxygen atoms in total. The molecule has 2 aromatic heterocycles. The summed E-state index contributed by atoms with van der Waals surface area (Å²) < 4.78 is 81.5. The van der Waals surface area contributed by atoms with Crippen molar-refractivity contribution in [2.45, 2.75) is 63.5 Å². The van der Waals surface area contributed by atoms with E-state index in [9.17, 15) is 22.8 Å². The van der Waals surface area contributed by atoms with Crippen molar-refractivity contribution in [2.24, 2.45) is 5.41 Å². The molecule has 13 heteroatoms. The molecule has 0 spiro atoms. The Balaban J connectivity index is 1.09. The van der Waals surface area contributed by atoms with Gasteiger partial charge in [-0.05, 0) is 87.0 Å². The first kappa shape index (κ1) is 30.1. The minimum absolute atomic E-state index is 0.120. The lowest BCUT2D eigenvalue weighted by Gasteiger charge is -2.33. The van der Waals surface area contributed by atoms with Crippen LogP contribution in [0.2, 0.25) is 0 Å². The summed E-state index contributed by atoms with van der Waals surface area (Å²) in [7, 11) is 0. The lowest BCUT2D eigenvalue weighted by Crippen LogP contribution is -2.34. The Hall–Kier alpha value is -4.57. The van der Waals surface area contributed by atoms with Gasteiger partial charge in [-0.15, -0.1) is 0 Å². The fourth-order valence-electron chi connectivity index (χ4n) is 6.40. The number of nitriles is 1. The number of nitrogens with zero attached hydrogens (tertiary/aromatic N) is 5. The number of benzene rings is 2. The molecule has 7 rings (SSSR count). The smallest absolute Gasteiger partial charge is 0.444 e. The molecule has 238 valence electrons. The van der Waals surface area contributed by atoms with Crippen molar-refractivity contribution in [3.05, 3.63) is 88.5 Å². The maximum absolute atomic E-state index is 15.4. The van der Waals surface area contributed by atoms with E-state index in [1.807, 2.05) is 5.10 Å². The van der Waals surface area contributed by atoms with Gasteiger partial charge >= 0.3 is 6.18 Å². The van der Waals surface area contributed by atoms with Gasteiger partial charge in [-0.3, -0.25) is 15.0 Å². The highest BCUT2D eigenvalue weighted by Crippen LogP contribution is 2.51. The largest absolute Gasteiger partial charge is 0.451 e. The first-order valence-corrected chi connectivity index (χ1v) is 15.0. The van der Waals surface area contributed by atoms with Crippen molar-refractivity contribution in [2.75, 3.05) is 13.1 Å². The number of alkyl halides is 3. The van der Waals surface area contributed by atoms with Gasteiger partial charge in [0.25, 0.3) is 5.79 Å². The van der Waals surface area contributed by atoms with Gasteiger partial charge < -0.3 is 9.47 Å². The van der Waals surface area contributed by atoms with Crippen LogP contribution < -0.4 is 9.47 Å². The molecule has 2 fully saturated rings. The third kappa shape index (κ3) is 5.55. The molecular weight excluding hydrogens is 607 g/mol. The fourth-order valence-corrected chi connectivity index (χ4v) is 6.40. The zero-order valence-electron chi connectivity index (χ0n) is 24.8. The SMILES string of the molecule is CC1(c2ccccc2F)Oc2ccc(F)c(C3CCN(Cc4ncc(-c5n[nH]c(C(F)(F)F)n5)cc4CC4(C#N)CC4)CC3)c2O1. The average Bonchev–Trinajstić information content (AvgIpc) is 3.44. The Kier molecular flexibility index (Phi) is 7.23. The van der Waals surface area contributed by atoms with Gasteiger partial charge in [-0.2, -0.15) is 23.5 Å². The topological polar surface area (TPSA) is 100.0 Å². The molecule has 4 heterocycles. The third-order valence-corrected chi connectivity index (χ3v) is 9.13. The molecule has 2 aliphatic heterocycles. The van der Waals surface area contributed by atoms with Crippen molar-refractivity contribution in [1.82, 2.24) is 25.1 Å². The van der Waals surface area contributed by atoms with E-state index in [1.54, 1.807) is 31.2 Å². The number of hydrogen-bond donors (Lipinski definition) is 1. The summed E-state index contributed by atoms with van der Waals surface area (Å²) in [4.78, 5) is 10.4. The van der Waals surface area contributed by atoms with E-state index in [-0.39, 0.29) is 23.1 Å². The Bertz CT molecular complexity index is 1840. The Morgan fingerprint density at radius 2 is 1.83 bits per heavy atom. The number of H-pyrrole nitrogens is 1. The normalized spacial score (nSPS) is 20.9. The zero-order valence-corrected chi connectivity index (χ0v) is 24.8. The third-order valence-electron chi connectivity index (χ3n) is 9.13. The van der Waals surface area contributed by atoms with Gasteiger partial charge in [0.2, 0.25) is 5.82 Å². The monoisotopic (exact) mass is 636 g/mol. The number of piperidine rings is 1. The van der Waals surface area contributed by atoms with E-state index in [2.05, 4.69) is 26.0 Å². The Morgan fingerprint density at radius 1 is 1.07 bits per heavy atom. The second-order valence-corrected chi connectivity index (χ2v) is 12.4. The number of ether oxygens (including phenoxy) is 2. The molecule has 4 aromatic rings. The first-order valence-electron chi connectivity index (χ1n) is 15.0. The molecule has 46 heavy (non-hydrogen) atoms. The van der Waals surface area contributed by atoms with Crippen molar-refractivity contribution in [3.8, 4) is 29.0 Å². The number of likely N-dealkylation sites (tertiary alicyclic amines) is 1. The molecule has 0 bridgehead atoms. The number of halogens is 5. The molecule has 1 saturated carbocycles. The van der Waals surface area contributed by atoms with Crippen LogP contribution in [0.3, 0.4) is 0 Å². The highest BCUT2D eigenvalue weighted by Gasteiger charge is 2.45. The van der Waals surface area contributed by atoms with Crippen molar-refractivity contribution < 1.29 is 31.4 Å². The van der Waals surface area contributed by atoms with E-state index in [1.165, 1.54) is 24.4 Å². The summed E-state index contributed by atoms with van der Waals surface area (Å²) in [5.41, 5.74) is 1.94.